The molecular formula is C23H42N4O7. The van der Waals surface area contributed by atoms with Gasteiger partial charge in [-0.15, -0.1) is 0 Å². The van der Waals surface area contributed by atoms with E-state index in [4.69, 9.17) is 10.8 Å². The predicted molar refractivity (Wildman–Crippen MR) is 127 cm³/mol. The molecule has 11 heteroatoms. The van der Waals surface area contributed by atoms with Gasteiger partial charge in [-0.3, -0.25) is 19.2 Å². The summed E-state index contributed by atoms with van der Waals surface area (Å²) in [7, 11) is 0. The van der Waals surface area contributed by atoms with Gasteiger partial charge in [-0.2, -0.15) is 0 Å². The molecule has 0 aromatic rings. The molecule has 6 unspecified atom stereocenters. The number of aliphatic carboxylic acids is 2. The largest absolute Gasteiger partial charge is 0.481 e. The number of carbonyl (C=O) groups is 5. The second kappa shape index (κ2) is 15.3. The Morgan fingerprint density at radius 3 is 1.74 bits per heavy atom. The molecule has 0 saturated heterocycles. The van der Waals surface area contributed by atoms with Gasteiger partial charge in [-0.25, -0.2) is 4.79 Å². The maximum atomic E-state index is 13.1. The fraction of sp³-hybridized carbons (Fsp3) is 0.783. The van der Waals surface area contributed by atoms with Crippen molar-refractivity contribution in [3.8, 4) is 0 Å². The van der Waals surface area contributed by atoms with Gasteiger partial charge in [-0.05, 0) is 30.6 Å². The van der Waals surface area contributed by atoms with Gasteiger partial charge in [0.1, 0.15) is 18.1 Å². The zero-order valence-electron chi connectivity index (χ0n) is 21.1. The third kappa shape index (κ3) is 11.0. The first-order chi connectivity index (χ1) is 15.7. The number of amides is 3. The van der Waals surface area contributed by atoms with E-state index < -0.39 is 60.2 Å². The summed E-state index contributed by atoms with van der Waals surface area (Å²) in [4.78, 5) is 61.1. The lowest BCUT2D eigenvalue weighted by Gasteiger charge is -2.28. The first-order valence-corrected chi connectivity index (χ1v) is 11.9. The highest BCUT2D eigenvalue weighted by Gasteiger charge is 2.33. The van der Waals surface area contributed by atoms with Gasteiger partial charge in [0, 0.05) is 6.42 Å². The molecule has 0 aliphatic carbocycles. The molecule has 0 rings (SSSR count). The van der Waals surface area contributed by atoms with Gasteiger partial charge < -0.3 is 31.9 Å². The first-order valence-electron chi connectivity index (χ1n) is 11.9. The minimum absolute atomic E-state index is 0.0202. The van der Waals surface area contributed by atoms with Crippen LogP contribution in [0.25, 0.3) is 0 Å². The number of hydrogen-bond donors (Lipinski definition) is 6. The van der Waals surface area contributed by atoms with Gasteiger partial charge >= 0.3 is 11.9 Å². The average Bonchev–Trinajstić information content (AvgIpc) is 2.76. The van der Waals surface area contributed by atoms with Crippen LogP contribution in [0.3, 0.4) is 0 Å². The van der Waals surface area contributed by atoms with Gasteiger partial charge in [0.2, 0.25) is 17.7 Å². The Kier molecular flexibility index (Phi) is 14.1. The van der Waals surface area contributed by atoms with Crippen LogP contribution in [-0.4, -0.2) is 64.0 Å². The number of carboxylic acid groups (broad SMARTS) is 2. The van der Waals surface area contributed by atoms with E-state index in [9.17, 15) is 29.1 Å². The fourth-order valence-corrected chi connectivity index (χ4v) is 3.23. The average molecular weight is 487 g/mol. The normalized spacial score (nSPS) is 16.5. The summed E-state index contributed by atoms with van der Waals surface area (Å²) in [5.41, 5.74) is 5.99. The van der Waals surface area contributed by atoms with Crippen LogP contribution in [0, 0.1) is 17.8 Å². The molecular weight excluding hydrogens is 444 g/mol. The summed E-state index contributed by atoms with van der Waals surface area (Å²) in [6.07, 6.45) is 0.722. The number of nitrogens with one attached hydrogen (secondary N) is 3. The Balaban J connectivity index is 5.66. The molecule has 0 bridgehead atoms. The summed E-state index contributed by atoms with van der Waals surface area (Å²) in [6.45, 7) is 10.9. The van der Waals surface area contributed by atoms with Crippen molar-refractivity contribution in [2.24, 2.45) is 23.5 Å². The molecule has 0 aliphatic rings. The quantitative estimate of drug-likeness (QED) is 0.185. The van der Waals surface area contributed by atoms with E-state index in [2.05, 4.69) is 16.0 Å². The minimum atomic E-state index is -1.29. The Bertz CT molecular complexity index is 713. The van der Waals surface area contributed by atoms with E-state index in [0.29, 0.717) is 12.8 Å². The Labute approximate surface area is 201 Å². The van der Waals surface area contributed by atoms with E-state index in [1.807, 2.05) is 20.8 Å². The Morgan fingerprint density at radius 2 is 1.29 bits per heavy atom. The fourth-order valence-electron chi connectivity index (χ4n) is 3.23. The number of hydrogen-bond acceptors (Lipinski definition) is 6. The van der Waals surface area contributed by atoms with Crippen LogP contribution in [0.1, 0.15) is 73.6 Å². The zero-order valence-corrected chi connectivity index (χ0v) is 21.1. The van der Waals surface area contributed by atoms with Crippen molar-refractivity contribution in [1.82, 2.24) is 16.0 Å². The van der Waals surface area contributed by atoms with Crippen molar-refractivity contribution in [3.05, 3.63) is 0 Å². The molecule has 34 heavy (non-hydrogen) atoms. The number of rotatable bonds is 16. The predicted octanol–water partition coefficient (Wildman–Crippen LogP) is 0.856. The molecule has 3 amide bonds. The van der Waals surface area contributed by atoms with Crippen LogP contribution in [0.15, 0.2) is 0 Å². The van der Waals surface area contributed by atoms with E-state index in [1.165, 1.54) is 0 Å². The van der Waals surface area contributed by atoms with Crippen LogP contribution < -0.4 is 21.7 Å². The number of carbonyl (C=O) groups excluding carboxylic acids is 3. The van der Waals surface area contributed by atoms with Crippen LogP contribution in [0.4, 0.5) is 0 Å². The second-order valence-electron chi connectivity index (χ2n) is 9.31. The molecule has 0 aromatic carbocycles. The smallest absolute Gasteiger partial charge is 0.326 e. The summed E-state index contributed by atoms with van der Waals surface area (Å²) >= 11 is 0. The van der Waals surface area contributed by atoms with Crippen LogP contribution >= 0.6 is 0 Å². The van der Waals surface area contributed by atoms with Gasteiger partial charge in [-0.1, -0.05) is 54.4 Å². The van der Waals surface area contributed by atoms with Crippen molar-refractivity contribution in [2.75, 3.05) is 0 Å². The van der Waals surface area contributed by atoms with Crippen LogP contribution in [0.5, 0.6) is 0 Å². The van der Waals surface area contributed by atoms with E-state index >= 15 is 0 Å². The van der Waals surface area contributed by atoms with Crippen LogP contribution in [0.2, 0.25) is 0 Å². The molecule has 0 aliphatic heterocycles. The Hall–Kier alpha value is -2.69. The second-order valence-corrected chi connectivity index (χ2v) is 9.31. The number of carboxylic acids is 2. The highest BCUT2D eigenvalue weighted by molar-refractivity contribution is 5.94. The molecule has 0 saturated carbocycles. The minimum Gasteiger partial charge on any atom is -0.481 e. The lowest BCUT2D eigenvalue weighted by molar-refractivity contribution is -0.143. The maximum absolute atomic E-state index is 13.1. The molecule has 0 spiro atoms. The summed E-state index contributed by atoms with van der Waals surface area (Å²) < 4.78 is 0. The third-order valence-electron chi connectivity index (χ3n) is 5.95. The Morgan fingerprint density at radius 1 is 0.765 bits per heavy atom. The lowest BCUT2D eigenvalue weighted by atomic mass is 9.95. The molecule has 0 aromatic heterocycles. The molecule has 7 N–H and O–H groups in total. The lowest BCUT2D eigenvalue weighted by Crippen LogP contribution is -2.59. The zero-order chi connectivity index (χ0) is 26.6. The highest BCUT2D eigenvalue weighted by Crippen LogP contribution is 2.12. The monoisotopic (exact) mass is 486 g/mol. The van der Waals surface area contributed by atoms with Gasteiger partial charge in [0.05, 0.1) is 6.04 Å². The number of nitrogens with two attached hydrogens (primary N) is 1. The van der Waals surface area contributed by atoms with Crippen molar-refractivity contribution >= 4 is 29.7 Å². The molecule has 0 heterocycles. The molecule has 0 radical (unpaired) electrons. The summed E-state index contributed by atoms with van der Waals surface area (Å²) in [6, 6.07) is -4.29. The first kappa shape index (κ1) is 31.3. The van der Waals surface area contributed by atoms with Crippen molar-refractivity contribution in [3.63, 3.8) is 0 Å². The molecule has 11 nitrogen and oxygen atoms in total. The van der Waals surface area contributed by atoms with Gasteiger partial charge in [0.15, 0.2) is 0 Å². The SMILES string of the molecule is CCC(C)C(N)C(=O)NC(C(=O)NC(CCC(=O)O)C(=O)NC(CC(C)C)C(=O)O)C(C)CC. The van der Waals surface area contributed by atoms with Crippen molar-refractivity contribution in [2.45, 2.75) is 97.8 Å². The molecule has 196 valence electrons. The third-order valence-corrected chi connectivity index (χ3v) is 5.95. The molecule has 6 atom stereocenters. The maximum Gasteiger partial charge on any atom is 0.326 e. The van der Waals surface area contributed by atoms with E-state index in [1.54, 1.807) is 20.8 Å². The summed E-state index contributed by atoms with van der Waals surface area (Å²) in [5, 5.41) is 26.0. The van der Waals surface area contributed by atoms with Gasteiger partial charge in [0.25, 0.3) is 0 Å². The van der Waals surface area contributed by atoms with Crippen molar-refractivity contribution in [1.29, 1.82) is 0 Å². The highest BCUT2D eigenvalue weighted by atomic mass is 16.4. The molecule has 0 fully saturated rings. The van der Waals surface area contributed by atoms with Crippen molar-refractivity contribution < 1.29 is 34.2 Å². The topological polar surface area (TPSA) is 188 Å². The summed E-state index contributed by atoms with van der Waals surface area (Å²) in [5.74, 6) is -4.79. The standard InChI is InChI=1S/C23H42N4O7/c1-7-13(5)18(24)21(31)27-19(14(6)8-2)22(32)25-15(9-10-17(28)29)20(30)26-16(23(33)34)11-12(3)4/h12-16,18-19H,7-11,24H2,1-6H3,(H,25,32)(H,26,30)(H,27,31)(H,28,29)(H,33,34). The van der Waals surface area contributed by atoms with Crippen LogP contribution in [-0.2, 0) is 24.0 Å². The van der Waals surface area contributed by atoms with E-state index in [0.717, 1.165) is 0 Å². The van der Waals surface area contributed by atoms with E-state index in [-0.39, 0.29) is 30.6 Å².